The van der Waals surface area contributed by atoms with Crippen molar-refractivity contribution in [2.45, 2.75) is 25.8 Å². The largest absolute Gasteiger partial charge is 0.310 e. The molecule has 18 heavy (non-hydrogen) atoms. The molecule has 0 aliphatic carbocycles. The number of hydrogen-bond acceptors (Lipinski definition) is 2. The monoisotopic (exact) mass is 330 g/mol. The van der Waals surface area contributed by atoms with Crippen molar-refractivity contribution in [3.05, 3.63) is 27.7 Å². The number of carbonyl (C=O) groups is 1. The van der Waals surface area contributed by atoms with E-state index in [2.05, 4.69) is 21.2 Å². The Bertz CT molecular complexity index is 451. The Balaban J connectivity index is 2.26. The summed E-state index contributed by atoms with van der Waals surface area (Å²) in [6.07, 6.45) is 1.89. The number of carbonyl (C=O) groups excluding carboxylic acids is 1. The molecule has 5 heteroatoms. The van der Waals surface area contributed by atoms with Crippen molar-refractivity contribution in [2.75, 3.05) is 18.0 Å². The van der Waals surface area contributed by atoms with Gasteiger partial charge in [0, 0.05) is 11.0 Å². The fourth-order valence-corrected chi connectivity index (χ4v) is 2.81. The maximum Gasteiger partial charge on any atom is 0.244 e. The summed E-state index contributed by atoms with van der Waals surface area (Å²) < 4.78 is 0.931. The van der Waals surface area contributed by atoms with Crippen LogP contribution in [0.3, 0.4) is 0 Å². The second-order valence-corrected chi connectivity index (χ2v) is 5.66. The lowest BCUT2D eigenvalue weighted by molar-refractivity contribution is -0.121. The van der Waals surface area contributed by atoms with Gasteiger partial charge in [-0.05, 0) is 37.6 Å². The van der Waals surface area contributed by atoms with Crippen LogP contribution in [0.15, 0.2) is 22.7 Å². The van der Waals surface area contributed by atoms with Crippen LogP contribution in [0.4, 0.5) is 5.69 Å². The summed E-state index contributed by atoms with van der Waals surface area (Å²) in [6.45, 7) is 3.55. The smallest absolute Gasteiger partial charge is 0.244 e. The molecule has 0 aromatic heterocycles. The van der Waals surface area contributed by atoms with Crippen molar-refractivity contribution in [2.24, 2.45) is 0 Å². The third-order valence-electron chi connectivity index (χ3n) is 3.09. The van der Waals surface area contributed by atoms with Gasteiger partial charge in [0.2, 0.25) is 5.91 Å². The van der Waals surface area contributed by atoms with Crippen molar-refractivity contribution in [3.63, 3.8) is 0 Å². The first kappa shape index (κ1) is 13.8. The molecule has 1 aromatic rings. The number of amides is 1. The second kappa shape index (κ2) is 6.04. The maximum atomic E-state index is 12.4. The molecule has 1 aliphatic rings. The third kappa shape index (κ3) is 2.87. The van der Waals surface area contributed by atoms with Crippen LogP contribution in [0.2, 0.25) is 5.02 Å². The van der Waals surface area contributed by atoms with Gasteiger partial charge in [-0.2, -0.15) is 0 Å². The van der Waals surface area contributed by atoms with E-state index in [4.69, 9.17) is 11.6 Å². The summed E-state index contributed by atoms with van der Waals surface area (Å²) in [7, 11) is 0. The normalized spacial score (nSPS) is 20.3. The minimum Gasteiger partial charge on any atom is -0.310 e. The number of rotatable bonds is 3. The number of halogens is 2. The molecule has 0 spiro atoms. The number of benzene rings is 1. The van der Waals surface area contributed by atoms with Gasteiger partial charge in [0.1, 0.15) is 0 Å². The lowest BCUT2D eigenvalue weighted by Crippen LogP contribution is -2.50. The topological polar surface area (TPSA) is 32.3 Å². The van der Waals surface area contributed by atoms with E-state index in [0.717, 1.165) is 36.1 Å². The molecule has 1 N–H and O–H groups in total. The van der Waals surface area contributed by atoms with Crippen molar-refractivity contribution >= 4 is 39.1 Å². The first-order valence-electron chi connectivity index (χ1n) is 6.13. The highest BCUT2D eigenvalue weighted by molar-refractivity contribution is 9.10. The van der Waals surface area contributed by atoms with Gasteiger partial charge in [-0.15, -0.1) is 0 Å². The van der Waals surface area contributed by atoms with E-state index in [-0.39, 0.29) is 11.9 Å². The van der Waals surface area contributed by atoms with Gasteiger partial charge in [0.05, 0.1) is 16.8 Å². The summed E-state index contributed by atoms with van der Waals surface area (Å²) in [5.74, 6) is 0.114. The van der Waals surface area contributed by atoms with Gasteiger partial charge in [0.15, 0.2) is 0 Å². The van der Waals surface area contributed by atoms with E-state index in [1.165, 1.54) is 0 Å². The molecule has 1 fully saturated rings. The molecule has 1 aromatic carbocycles. The first-order valence-corrected chi connectivity index (χ1v) is 7.30. The molecule has 98 valence electrons. The van der Waals surface area contributed by atoms with Crippen LogP contribution in [-0.2, 0) is 4.79 Å². The molecule has 2 rings (SSSR count). The molecule has 3 nitrogen and oxygen atoms in total. The quantitative estimate of drug-likeness (QED) is 0.922. The van der Waals surface area contributed by atoms with Gasteiger partial charge in [-0.3, -0.25) is 4.79 Å². The Morgan fingerprint density at radius 1 is 1.56 bits per heavy atom. The summed E-state index contributed by atoms with van der Waals surface area (Å²) in [4.78, 5) is 14.2. The van der Waals surface area contributed by atoms with E-state index in [1.807, 2.05) is 25.1 Å². The molecule has 1 atom stereocenters. The minimum absolute atomic E-state index is 0.0844. The van der Waals surface area contributed by atoms with Gasteiger partial charge < -0.3 is 10.2 Å². The molecule has 1 saturated heterocycles. The predicted molar refractivity (Wildman–Crippen MR) is 78.2 cm³/mol. The van der Waals surface area contributed by atoms with Crippen LogP contribution < -0.4 is 10.2 Å². The summed E-state index contributed by atoms with van der Waals surface area (Å²) >= 11 is 9.60. The number of nitrogens with zero attached hydrogens (tertiary/aromatic N) is 1. The maximum absolute atomic E-state index is 12.4. The lowest BCUT2D eigenvalue weighted by atomic mass is 10.0. The molecule has 0 bridgehead atoms. The standard InChI is InChI=1S/C13H16BrClN2O/c1-2-16-11-4-3-7-17(13(11)18)12-8-9(14)5-6-10(12)15/h5-6,8,11,16H,2-4,7H2,1H3. The van der Waals surface area contributed by atoms with Crippen molar-refractivity contribution in [3.8, 4) is 0 Å². The van der Waals surface area contributed by atoms with Gasteiger partial charge >= 0.3 is 0 Å². The van der Waals surface area contributed by atoms with E-state index in [1.54, 1.807) is 4.90 Å². The first-order chi connectivity index (χ1) is 8.63. The Morgan fingerprint density at radius 2 is 2.33 bits per heavy atom. The zero-order chi connectivity index (χ0) is 13.1. The fourth-order valence-electron chi connectivity index (χ4n) is 2.24. The van der Waals surface area contributed by atoms with E-state index in [0.29, 0.717) is 5.02 Å². The number of hydrogen-bond donors (Lipinski definition) is 1. The Labute approximate surface area is 121 Å². The van der Waals surface area contributed by atoms with Crippen molar-refractivity contribution in [1.29, 1.82) is 0 Å². The SMILES string of the molecule is CCNC1CCCN(c2cc(Br)ccc2Cl)C1=O. The van der Waals surface area contributed by atoms with Crippen LogP contribution in [0.5, 0.6) is 0 Å². The zero-order valence-electron chi connectivity index (χ0n) is 10.2. The molecule has 1 heterocycles. The van der Waals surface area contributed by atoms with Crippen LogP contribution in [0.1, 0.15) is 19.8 Å². The predicted octanol–water partition coefficient (Wildman–Crippen LogP) is 3.21. The van der Waals surface area contributed by atoms with Gasteiger partial charge in [-0.25, -0.2) is 0 Å². The number of nitrogens with one attached hydrogen (secondary N) is 1. The number of anilines is 1. The number of piperidine rings is 1. The molecule has 1 unspecified atom stereocenters. The van der Waals surface area contributed by atoms with Crippen LogP contribution in [0.25, 0.3) is 0 Å². The Hall–Kier alpha value is -0.580. The van der Waals surface area contributed by atoms with Crippen LogP contribution in [0, 0.1) is 0 Å². The molecular weight excluding hydrogens is 316 g/mol. The highest BCUT2D eigenvalue weighted by Crippen LogP contribution is 2.31. The molecule has 1 aliphatic heterocycles. The highest BCUT2D eigenvalue weighted by atomic mass is 79.9. The van der Waals surface area contributed by atoms with E-state index < -0.39 is 0 Å². The lowest BCUT2D eigenvalue weighted by Gasteiger charge is -2.33. The Morgan fingerprint density at radius 3 is 3.06 bits per heavy atom. The van der Waals surface area contributed by atoms with Crippen LogP contribution in [-0.4, -0.2) is 25.0 Å². The number of likely N-dealkylation sites (N-methyl/N-ethyl adjacent to an activating group) is 1. The summed E-state index contributed by atoms with van der Waals surface area (Å²) in [6, 6.07) is 5.50. The average Bonchev–Trinajstić information content (AvgIpc) is 2.35. The Kier molecular flexibility index (Phi) is 4.65. The van der Waals surface area contributed by atoms with Crippen molar-refractivity contribution < 1.29 is 4.79 Å². The highest BCUT2D eigenvalue weighted by Gasteiger charge is 2.29. The molecule has 1 amide bonds. The van der Waals surface area contributed by atoms with E-state index >= 15 is 0 Å². The minimum atomic E-state index is -0.0844. The summed E-state index contributed by atoms with van der Waals surface area (Å²) in [5.41, 5.74) is 0.790. The van der Waals surface area contributed by atoms with Gasteiger partial charge in [0.25, 0.3) is 0 Å². The van der Waals surface area contributed by atoms with E-state index in [9.17, 15) is 4.79 Å². The van der Waals surface area contributed by atoms with Crippen molar-refractivity contribution in [1.82, 2.24) is 5.32 Å². The third-order valence-corrected chi connectivity index (χ3v) is 3.90. The zero-order valence-corrected chi connectivity index (χ0v) is 12.6. The molecule has 0 saturated carbocycles. The van der Waals surface area contributed by atoms with Crippen LogP contribution >= 0.6 is 27.5 Å². The average molecular weight is 332 g/mol. The fraction of sp³-hybridized carbons (Fsp3) is 0.462. The molecule has 0 radical (unpaired) electrons. The second-order valence-electron chi connectivity index (χ2n) is 4.34. The molecular formula is C13H16BrClN2O. The summed E-state index contributed by atoms with van der Waals surface area (Å²) in [5, 5.41) is 3.84. The van der Waals surface area contributed by atoms with Gasteiger partial charge in [-0.1, -0.05) is 34.5 Å².